The standard InChI is InChI=1S/C77H126O6/c1-4-7-10-13-16-19-22-25-27-29-31-32-33-34-35-36-37-38-39-40-41-42-43-44-46-47-49-52-55-58-61-64-67-70-76(79)82-73-74(72-81-75(78)69-66-63-60-57-54-51-24-21-18-15-12-9-6-3)83-77(80)71-68-65-62-59-56-53-50-48-45-30-28-26-23-20-17-14-11-8-5-2/h7-8,10-11,16-17,19-21,24-28,31-32,34-35,45,48,53,56,62,65,74H,4-6,9,12-15,18,22-23,29-30,33,36-44,46-47,49-52,54-55,57-61,63-64,66-73H2,1-3H3/b10-7-,11-8-,19-16-,20-17-,24-21-,27-25-,28-26-,32-31-,35-34-,48-45-,56-53-,65-62-. The minimum absolute atomic E-state index is 0.113. The van der Waals surface area contributed by atoms with E-state index in [2.05, 4.69) is 161 Å². The highest BCUT2D eigenvalue weighted by molar-refractivity contribution is 5.71. The van der Waals surface area contributed by atoms with Crippen LogP contribution in [-0.2, 0) is 28.6 Å². The molecule has 0 amide bonds. The van der Waals surface area contributed by atoms with Crippen molar-refractivity contribution in [1.29, 1.82) is 0 Å². The van der Waals surface area contributed by atoms with Crippen molar-refractivity contribution in [2.45, 2.75) is 309 Å². The molecule has 0 radical (unpaired) electrons. The van der Waals surface area contributed by atoms with Gasteiger partial charge in [-0.3, -0.25) is 14.4 Å². The van der Waals surface area contributed by atoms with Crippen molar-refractivity contribution in [2.24, 2.45) is 0 Å². The summed E-state index contributed by atoms with van der Waals surface area (Å²) in [6.45, 7) is 6.34. The maximum atomic E-state index is 12.9. The van der Waals surface area contributed by atoms with Crippen LogP contribution in [0.15, 0.2) is 146 Å². The van der Waals surface area contributed by atoms with E-state index in [1.54, 1.807) is 0 Å². The smallest absolute Gasteiger partial charge is 0.306 e. The highest BCUT2D eigenvalue weighted by Gasteiger charge is 2.19. The molecule has 1 atom stereocenters. The lowest BCUT2D eigenvalue weighted by Gasteiger charge is -2.18. The Labute approximate surface area is 512 Å². The van der Waals surface area contributed by atoms with Crippen LogP contribution in [0.25, 0.3) is 0 Å². The van der Waals surface area contributed by atoms with Crippen molar-refractivity contribution in [3.8, 4) is 0 Å². The van der Waals surface area contributed by atoms with Crippen molar-refractivity contribution < 1.29 is 28.6 Å². The van der Waals surface area contributed by atoms with Gasteiger partial charge in [0, 0.05) is 19.3 Å². The Hall–Kier alpha value is -4.71. The summed E-state index contributed by atoms with van der Waals surface area (Å²) in [6, 6.07) is 0. The zero-order chi connectivity index (χ0) is 59.9. The lowest BCUT2D eigenvalue weighted by Crippen LogP contribution is -2.30. The summed E-state index contributed by atoms with van der Waals surface area (Å²) in [7, 11) is 0. The Bertz CT molecular complexity index is 1800. The summed E-state index contributed by atoms with van der Waals surface area (Å²) < 4.78 is 16.9. The van der Waals surface area contributed by atoms with Gasteiger partial charge in [-0.1, -0.05) is 301 Å². The highest BCUT2D eigenvalue weighted by atomic mass is 16.6. The van der Waals surface area contributed by atoms with Gasteiger partial charge in [-0.05, 0) is 128 Å². The van der Waals surface area contributed by atoms with Crippen molar-refractivity contribution in [2.75, 3.05) is 13.2 Å². The van der Waals surface area contributed by atoms with Gasteiger partial charge >= 0.3 is 17.9 Å². The minimum Gasteiger partial charge on any atom is -0.462 e. The van der Waals surface area contributed by atoms with E-state index in [1.807, 2.05) is 6.08 Å². The molecule has 0 aliphatic rings. The fourth-order valence-corrected chi connectivity index (χ4v) is 9.26. The van der Waals surface area contributed by atoms with Crippen molar-refractivity contribution in [3.05, 3.63) is 146 Å². The van der Waals surface area contributed by atoms with E-state index in [0.717, 1.165) is 122 Å². The number of hydrogen-bond donors (Lipinski definition) is 0. The molecule has 0 saturated heterocycles. The SMILES string of the molecule is CC/C=C\C/C=C\C/C=C\C/C=C\C/C=C\C/C=C\CCC(=O)OC(COC(=O)CCCCCCC/C=C\CCCCCC)COC(=O)CCCCCCCCCCCCCCCCCCC/C=C\C/C=C\C/C=C\C/C=C\C/C=C\CC. The number of rotatable bonds is 61. The molecular formula is C77H126O6. The molecule has 6 nitrogen and oxygen atoms in total. The first kappa shape index (κ1) is 78.3. The first-order valence-electron chi connectivity index (χ1n) is 34.3. The van der Waals surface area contributed by atoms with E-state index in [-0.39, 0.29) is 31.6 Å². The molecule has 0 heterocycles. The fourth-order valence-electron chi connectivity index (χ4n) is 9.26. The second kappa shape index (κ2) is 69.8. The summed E-state index contributed by atoms with van der Waals surface area (Å²) in [5.41, 5.74) is 0. The summed E-state index contributed by atoms with van der Waals surface area (Å²) in [6.07, 6.45) is 100. The van der Waals surface area contributed by atoms with Crippen molar-refractivity contribution in [1.82, 2.24) is 0 Å². The monoisotopic (exact) mass is 1150 g/mol. The zero-order valence-electron chi connectivity index (χ0n) is 53.9. The number of allylic oxidation sites excluding steroid dienone is 24. The van der Waals surface area contributed by atoms with E-state index in [4.69, 9.17) is 14.2 Å². The van der Waals surface area contributed by atoms with Crippen molar-refractivity contribution >= 4 is 17.9 Å². The molecule has 0 spiro atoms. The lowest BCUT2D eigenvalue weighted by atomic mass is 10.0. The zero-order valence-corrected chi connectivity index (χ0v) is 53.9. The molecule has 83 heavy (non-hydrogen) atoms. The van der Waals surface area contributed by atoms with Gasteiger partial charge in [-0.2, -0.15) is 0 Å². The maximum absolute atomic E-state index is 12.9. The third-order valence-electron chi connectivity index (χ3n) is 14.3. The molecule has 0 aliphatic heterocycles. The van der Waals surface area contributed by atoms with Crippen molar-refractivity contribution in [3.63, 3.8) is 0 Å². The van der Waals surface area contributed by atoms with Gasteiger partial charge in [0.05, 0.1) is 0 Å². The van der Waals surface area contributed by atoms with Gasteiger partial charge in [0.1, 0.15) is 13.2 Å². The van der Waals surface area contributed by atoms with Crippen LogP contribution in [0.3, 0.4) is 0 Å². The normalized spacial score (nSPS) is 13.0. The highest BCUT2D eigenvalue weighted by Crippen LogP contribution is 2.16. The average molecular weight is 1150 g/mol. The van der Waals surface area contributed by atoms with E-state index >= 15 is 0 Å². The first-order valence-corrected chi connectivity index (χ1v) is 34.3. The van der Waals surface area contributed by atoms with Crippen LogP contribution in [0, 0.1) is 0 Å². The molecular weight excluding hydrogens is 1020 g/mol. The van der Waals surface area contributed by atoms with Gasteiger partial charge in [-0.25, -0.2) is 0 Å². The van der Waals surface area contributed by atoms with E-state index in [0.29, 0.717) is 19.3 Å². The molecule has 0 aromatic rings. The largest absolute Gasteiger partial charge is 0.462 e. The Morgan fingerprint density at radius 2 is 0.494 bits per heavy atom. The third kappa shape index (κ3) is 68.0. The molecule has 0 N–H and O–H groups in total. The lowest BCUT2D eigenvalue weighted by molar-refractivity contribution is -0.166. The van der Waals surface area contributed by atoms with Crippen LogP contribution >= 0.6 is 0 Å². The Morgan fingerprint density at radius 3 is 0.795 bits per heavy atom. The summed E-state index contributed by atoms with van der Waals surface area (Å²) in [5, 5.41) is 0. The number of ether oxygens (including phenoxy) is 3. The molecule has 0 rings (SSSR count). The minimum atomic E-state index is -0.827. The number of unbranched alkanes of at least 4 members (excludes halogenated alkanes) is 26. The van der Waals surface area contributed by atoms with Gasteiger partial charge in [0.15, 0.2) is 6.10 Å². The predicted molar refractivity (Wildman–Crippen MR) is 362 cm³/mol. The molecule has 0 aromatic heterocycles. The number of carbonyl (C=O) groups excluding carboxylic acids is 3. The predicted octanol–water partition coefficient (Wildman–Crippen LogP) is 23.9. The van der Waals surface area contributed by atoms with Gasteiger partial charge in [-0.15, -0.1) is 0 Å². The molecule has 470 valence electrons. The van der Waals surface area contributed by atoms with Crippen LogP contribution in [0.2, 0.25) is 0 Å². The quantitative estimate of drug-likeness (QED) is 0.0261. The van der Waals surface area contributed by atoms with Crippen LogP contribution in [-0.4, -0.2) is 37.2 Å². The Balaban J connectivity index is 4.28. The van der Waals surface area contributed by atoms with Crippen LogP contribution < -0.4 is 0 Å². The topological polar surface area (TPSA) is 78.9 Å². The van der Waals surface area contributed by atoms with Crippen LogP contribution in [0.1, 0.15) is 303 Å². The van der Waals surface area contributed by atoms with Crippen LogP contribution in [0.4, 0.5) is 0 Å². The first-order chi connectivity index (χ1) is 41.0. The van der Waals surface area contributed by atoms with E-state index < -0.39 is 12.1 Å². The van der Waals surface area contributed by atoms with E-state index in [9.17, 15) is 14.4 Å². The van der Waals surface area contributed by atoms with Gasteiger partial charge in [0.25, 0.3) is 0 Å². The number of carbonyl (C=O) groups is 3. The number of esters is 3. The fraction of sp³-hybridized carbons (Fsp3) is 0.649. The molecule has 0 aromatic carbocycles. The second-order valence-corrected chi connectivity index (χ2v) is 22.3. The molecule has 0 saturated carbocycles. The molecule has 0 bridgehead atoms. The van der Waals surface area contributed by atoms with Crippen LogP contribution in [0.5, 0.6) is 0 Å². The van der Waals surface area contributed by atoms with Gasteiger partial charge < -0.3 is 14.2 Å². The Kier molecular flexibility index (Phi) is 65.8. The molecule has 0 aliphatic carbocycles. The maximum Gasteiger partial charge on any atom is 0.306 e. The second-order valence-electron chi connectivity index (χ2n) is 22.3. The van der Waals surface area contributed by atoms with E-state index in [1.165, 1.54) is 135 Å². The Morgan fingerprint density at radius 1 is 0.253 bits per heavy atom. The number of hydrogen-bond acceptors (Lipinski definition) is 6. The molecule has 6 heteroatoms. The summed E-state index contributed by atoms with van der Waals surface area (Å²) in [5.74, 6) is -1.00. The average Bonchev–Trinajstić information content (AvgIpc) is 3.49. The molecule has 1 unspecified atom stereocenters. The third-order valence-corrected chi connectivity index (χ3v) is 14.3. The van der Waals surface area contributed by atoms with Gasteiger partial charge in [0.2, 0.25) is 0 Å². The summed E-state index contributed by atoms with van der Waals surface area (Å²) in [4.78, 5) is 38.3. The summed E-state index contributed by atoms with van der Waals surface area (Å²) >= 11 is 0. The molecule has 0 fully saturated rings.